The predicted molar refractivity (Wildman–Crippen MR) is 65.3 cm³/mol. The quantitative estimate of drug-likeness (QED) is 0.439. The molecule has 1 aromatic carbocycles. The number of ether oxygens (including phenoxy) is 1. The number of hydrogen-bond acceptors (Lipinski definition) is 5. The Morgan fingerprint density at radius 3 is 2.42 bits per heavy atom. The van der Waals surface area contributed by atoms with E-state index in [0.29, 0.717) is 0 Å². The molecule has 0 heterocycles. The van der Waals surface area contributed by atoms with E-state index >= 15 is 0 Å². The molecule has 0 aliphatic carbocycles. The zero-order valence-corrected chi connectivity index (χ0v) is 10.3. The van der Waals surface area contributed by atoms with Crippen LogP contribution in [0.2, 0.25) is 0 Å². The van der Waals surface area contributed by atoms with Crippen LogP contribution in [0.4, 0.5) is 5.69 Å². The van der Waals surface area contributed by atoms with Gasteiger partial charge >= 0.3 is 5.69 Å². The molecule has 0 aliphatic rings. The number of nitrogens with two attached hydrogens (primary N) is 2. The second-order valence-corrected chi connectivity index (χ2v) is 4.17. The monoisotopic (exact) mass is 287 g/mol. The number of para-hydroxylation sites is 2. The van der Waals surface area contributed by atoms with Gasteiger partial charge in [-0.25, -0.2) is 0 Å². The maximum Gasteiger partial charge on any atom is 0.311 e. The molecule has 1 aromatic rings. The number of nitrogens with zero attached hydrogens (tertiary/aromatic N) is 1. The van der Waals surface area contributed by atoms with Gasteiger partial charge in [-0.15, -0.1) is 0 Å². The van der Waals surface area contributed by atoms with E-state index in [4.69, 9.17) is 27.8 Å². The molecule has 0 saturated carbocycles. The molecule has 0 aliphatic heterocycles. The van der Waals surface area contributed by atoms with Crippen molar-refractivity contribution >= 4 is 29.1 Å². The lowest BCUT2D eigenvalue weighted by atomic mass is 10.2. The van der Waals surface area contributed by atoms with E-state index in [-0.39, 0.29) is 5.75 Å². The van der Waals surface area contributed by atoms with E-state index in [1.807, 2.05) is 0 Å². The van der Waals surface area contributed by atoms with Crippen molar-refractivity contribution < 1.29 is 19.2 Å². The molecule has 4 N–H and O–H groups in total. The van der Waals surface area contributed by atoms with Crippen molar-refractivity contribution in [2.24, 2.45) is 11.5 Å². The summed E-state index contributed by atoms with van der Waals surface area (Å²) in [4.78, 5) is 32.1. The Morgan fingerprint density at radius 1 is 1.37 bits per heavy atom. The van der Waals surface area contributed by atoms with E-state index in [0.717, 1.165) is 6.07 Å². The zero-order chi connectivity index (χ0) is 14.6. The Balaban J connectivity index is 3.14. The fraction of sp³-hybridized carbons (Fsp3) is 0.200. The summed E-state index contributed by atoms with van der Waals surface area (Å²) in [7, 11) is 0. The van der Waals surface area contributed by atoms with E-state index < -0.39 is 33.9 Å². The minimum atomic E-state index is -2.27. The lowest BCUT2D eigenvalue weighted by molar-refractivity contribution is -0.386. The number of amides is 2. The van der Waals surface area contributed by atoms with Gasteiger partial charge in [-0.2, -0.15) is 0 Å². The molecule has 0 aromatic heterocycles. The molecule has 1 rings (SSSR count). The van der Waals surface area contributed by atoms with Crippen molar-refractivity contribution in [2.45, 2.75) is 11.5 Å². The number of hydrogen-bond donors (Lipinski definition) is 2. The van der Waals surface area contributed by atoms with Crippen LogP contribution >= 0.6 is 11.6 Å². The average molecular weight is 288 g/mol. The first-order valence-electron chi connectivity index (χ1n) is 4.96. The summed E-state index contributed by atoms with van der Waals surface area (Å²) in [6.45, 7) is 0. The number of nitro groups is 1. The topological polar surface area (TPSA) is 139 Å². The van der Waals surface area contributed by atoms with Gasteiger partial charge in [-0.1, -0.05) is 23.7 Å². The number of primary amides is 2. The van der Waals surface area contributed by atoms with Crippen LogP contribution in [0.5, 0.6) is 5.75 Å². The summed E-state index contributed by atoms with van der Waals surface area (Å²) >= 11 is 5.76. The Hall–Kier alpha value is -2.35. The number of benzene rings is 1. The van der Waals surface area contributed by atoms with E-state index in [2.05, 4.69) is 0 Å². The SMILES string of the molecule is NC(=O)CC(Cl)(Oc1ccccc1[N+](=O)[O-])C(N)=O. The molecular weight excluding hydrogens is 278 g/mol. The molecule has 8 nitrogen and oxygen atoms in total. The number of halogens is 1. The molecule has 2 amide bonds. The standard InChI is InChI=1S/C10H10ClN3O5/c11-10(9(13)16,5-8(12)15)19-7-4-2-1-3-6(7)14(17)18/h1-4H,5H2,(H2,12,15)(H2,13,16). The third kappa shape index (κ3) is 3.55. The van der Waals surface area contributed by atoms with Crippen molar-refractivity contribution in [3.8, 4) is 5.75 Å². The second-order valence-electron chi connectivity index (χ2n) is 3.56. The molecule has 1 unspecified atom stereocenters. The first-order valence-corrected chi connectivity index (χ1v) is 5.33. The minimum absolute atomic E-state index is 0.289. The highest BCUT2D eigenvalue weighted by Crippen LogP contribution is 2.32. The van der Waals surface area contributed by atoms with Crippen LogP contribution in [-0.4, -0.2) is 21.8 Å². The van der Waals surface area contributed by atoms with E-state index in [1.54, 1.807) is 0 Å². The van der Waals surface area contributed by atoms with Crippen LogP contribution < -0.4 is 16.2 Å². The van der Waals surface area contributed by atoms with Gasteiger partial charge in [0.15, 0.2) is 5.75 Å². The summed E-state index contributed by atoms with van der Waals surface area (Å²) in [5.41, 5.74) is 9.52. The Bertz CT molecular complexity index is 536. The summed E-state index contributed by atoms with van der Waals surface area (Å²) < 4.78 is 5.02. The van der Waals surface area contributed by atoms with Crippen molar-refractivity contribution in [3.05, 3.63) is 34.4 Å². The molecule has 0 fully saturated rings. The summed E-state index contributed by atoms with van der Waals surface area (Å²) in [5.74, 6) is -2.40. The van der Waals surface area contributed by atoms with Crippen molar-refractivity contribution in [2.75, 3.05) is 0 Å². The fourth-order valence-corrected chi connectivity index (χ4v) is 1.48. The van der Waals surface area contributed by atoms with Gasteiger partial charge < -0.3 is 16.2 Å². The summed E-state index contributed by atoms with van der Waals surface area (Å²) in [5, 5.41) is 8.51. The Labute approximate surface area is 112 Å². The number of alkyl halides is 1. The minimum Gasteiger partial charge on any atom is -0.455 e. The Kier molecular flexibility index (Phi) is 4.28. The first kappa shape index (κ1) is 14.7. The third-order valence-corrected chi connectivity index (χ3v) is 2.50. The lowest BCUT2D eigenvalue weighted by Gasteiger charge is -2.23. The van der Waals surface area contributed by atoms with Gasteiger partial charge in [0.25, 0.3) is 11.0 Å². The van der Waals surface area contributed by atoms with Crippen LogP contribution in [0.25, 0.3) is 0 Å². The van der Waals surface area contributed by atoms with Crippen LogP contribution in [-0.2, 0) is 9.59 Å². The molecule has 102 valence electrons. The van der Waals surface area contributed by atoms with Crippen LogP contribution in [0.1, 0.15) is 6.42 Å². The summed E-state index contributed by atoms with van der Waals surface area (Å²) in [6, 6.07) is 5.21. The van der Waals surface area contributed by atoms with Gasteiger partial charge in [0, 0.05) is 6.07 Å². The molecular formula is C10H10ClN3O5. The third-order valence-electron chi connectivity index (χ3n) is 2.10. The summed E-state index contributed by atoms with van der Waals surface area (Å²) in [6.07, 6.45) is -0.712. The van der Waals surface area contributed by atoms with Crippen LogP contribution in [0, 0.1) is 10.1 Å². The normalized spacial score (nSPS) is 13.3. The van der Waals surface area contributed by atoms with Crippen molar-refractivity contribution in [3.63, 3.8) is 0 Å². The highest BCUT2D eigenvalue weighted by Gasteiger charge is 2.40. The van der Waals surface area contributed by atoms with Crippen LogP contribution in [0.3, 0.4) is 0 Å². The number of rotatable bonds is 6. The van der Waals surface area contributed by atoms with E-state index in [1.165, 1.54) is 18.2 Å². The van der Waals surface area contributed by atoms with Gasteiger partial charge in [0.1, 0.15) is 0 Å². The number of nitro benzene ring substituents is 1. The molecule has 19 heavy (non-hydrogen) atoms. The average Bonchev–Trinajstić information content (AvgIpc) is 2.27. The second kappa shape index (κ2) is 5.53. The zero-order valence-electron chi connectivity index (χ0n) is 9.54. The maximum absolute atomic E-state index is 11.2. The number of carbonyl (C=O) groups excluding carboxylic acids is 2. The fourth-order valence-electron chi connectivity index (χ4n) is 1.27. The molecule has 0 spiro atoms. The lowest BCUT2D eigenvalue weighted by Crippen LogP contribution is -2.46. The van der Waals surface area contributed by atoms with Crippen molar-refractivity contribution in [1.29, 1.82) is 0 Å². The van der Waals surface area contributed by atoms with E-state index in [9.17, 15) is 19.7 Å². The van der Waals surface area contributed by atoms with Gasteiger partial charge in [-0.3, -0.25) is 19.7 Å². The number of carbonyl (C=O) groups is 2. The smallest absolute Gasteiger partial charge is 0.311 e. The highest BCUT2D eigenvalue weighted by atomic mass is 35.5. The molecule has 0 radical (unpaired) electrons. The van der Waals surface area contributed by atoms with Gasteiger partial charge in [0.2, 0.25) is 5.91 Å². The predicted octanol–water partition coefficient (Wildman–Crippen LogP) is 0.269. The van der Waals surface area contributed by atoms with Crippen LogP contribution in [0.15, 0.2) is 24.3 Å². The highest BCUT2D eigenvalue weighted by molar-refractivity contribution is 6.34. The largest absolute Gasteiger partial charge is 0.455 e. The molecule has 1 atom stereocenters. The Morgan fingerprint density at radius 2 is 1.95 bits per heavy atom. The maximum atomic E-state index is 11.2. The first-order chi connectivity index (χ1) is 8.76. The van der Waals surface area contributed by atoms with Gasteiger partial charge in [-0.05, 0) is 6.07 Å². The van der Waals surface area contributed by atoms with Gasteiger partial charge in [0.05, 0.1) is 11.3 Å². The molecule has 9 heteroatoms. The van der Waals surface area contributed by atoms with Crippen molar-refractivity contribution in [1.82, 2.24) is 0 Å². The molecule has 0 saturated heterocycles. The molecule has 0 bridgehead atoms.